The number of rotatable bonds is 9. The van der Waals surface area contributed by atoms with Crippen molar-refractivity contribution in [2.45, 2.75) is 81.9 Å². The van der Waals surface area contributed by atoms with Gasteiger partial charge in [0.05, 0.1) is 22.0 Å². The Bertz CT molecular complexity index is 1680. The number of aliphatic carboxylic acids is 1. The number of pyridine rings is 1. The van der Waals surface area contributed by atoms with E-state index in [1.54, 1.807) is 13.0 Å². The maximum absolute atomic E-state index is 15.0. The molecule has 0 aliphatic carbocycles. The number of thiophene rings is 2. The van der Waals surface area contributed by atoms with Gasteiger partial charge in [-0.25, -0.2) is 0 Å². The van der Waals surface area contributed by atoms with Crippen LogP contribution in [0.3, 0.4) is 0 Å². The SMILES string of the molecule is CCCC1N(C(=O)c2ncccc2C(F)(F)F)CCCC1(Oc1csc(C(F)(F)F)c1)C(=O)N1CCc2sc(Cl)cc2C1CCC(=O)O. The van der Waals surface area contributed by atoms with Gasteiger partial charge in [-0.3, -0.25) is 19.4 Å². The lowest BCUT2D eigenvalue weighted by molar-refractivity contribution is -0.163. The van der Waals surface area contributed by atoms with E-state index in [0.29, 0.717) is 34.1 Å². The van der Waals surface area contributed by atoms with E-state index in [4.69, 9.17) is 16.3 Å². The zero-order valence-corrected chi connectivity index (χ0v) is 27.8. The molecule has 1 fully saturated rings. The van der Waals surface area contributed by atoms with Gasteiger partial charge < -0.3 is 19.6 Å². The van der Waals surface area contributed by atoms with Crippen LogP contribution in [0.5, 0.6) is 5.75 Å². The van der Waals surface area contributed by atoms with Gasteiger partial charge in [-0.2, -0.15) is 26.3 Å². The van der Waals surface area contributed by atoms with Crippen molar-refractivity contribution in [1.82, 2.24) is 14.8 Å². The molecule has 3 aromatic heterocycles. The lowest BCUT2D eigenvalue weighted by Gasteiger charge is -2.51. The van der Waals surface area contributed by atoms with Gasteiger partial charge in [0.25, 0.3) is 11.8 Å². The fourth-order valence-corrected chi connectivity index (χ4v) is 8.57. The molecular formula is C31H30ClF6N3O5S2. The highest BCUT2D eigenvalue weighted by atomic mass is 35.5. The number of piperidine rings is 1. The van der Waals surface area contributed by atoms with Crippen molar-refractivity contribution >= 4 is 52.1 Å². The molecule has 3 aromatic rings. The predicted octanol–water partition coefficient (Wildman–Crippen LogP) is 8.11. The Labute approximate surface area is 284 Å². The molecule has 0 radical (unpaired) electrons. The molecule has 5 heterocycles. The highest BCUT2D eigenvalue weighted by Crippen LogP contribution is 2.46. The zero-order chi connectivity index (χ0) is 35.0. The highest BCUT2D eigenvalue weighted by Gasteiger charge is 2.57. The summed E-state index contributed by atoms with van der Waals surface area (Å²) in [6.45, 7) is 1.75. The Kier molecular flexibility index (Phi) is 10.4. The Morgan fingerprint density at radius 3 is 2.50 bits per heavy atom. The van der Waals surface area contributed by atoms with Crippen LogP contribution >= 0.6 is 34.3 Å². The summed E-state index contributed by atoms with van der Waals surface area (Å²) in [4.78, 5) is 46.8. The van der Waals surface area contributed by atoms with Gasteiger partial charge in [-0.05, 0) is 49.4 Å². The number of likely N-dealkylation sites (tertiary alicyclic amines) is 1. The summed E-state index contributed by atoms with van der Waals surface area (Å²) in [7, 11) is 0. The summed E-state index contributed by atoms with van der Waals surface area (Å²) >= 11 is 7.94. The number of aromatic nitrogens is 1. The van der Waals surface area contributed by atoms with Crippen LogP contribution in [0.15, 0.2) is 35.8 Å². The van der Waals surface area contributed by atoms with Crippen LogP contribution < -0.4 is 4.74 Å². The molecule has 48 heavy (non-hydrogen) atoms. The summed E-state index contributed by atoms with van der Waals surface area (Å²) in [5.41, 5.74) is -3.55. The molecule has 3 unspecified atom stereocenters. The Morgan fingerprint density at radius 2 is 1.85 bits per heavy atom. The third-order valence-corrected chi connectivity index (χ3v) is 10.8. The minimum Gasteiger partial charge on any atom is -0.481 e. The highest BCUT2D eigenvalue weighted by molar-refractivity contribution is 7.16. The number of carboxylic acid groups (broad SMARTS) is 1. The second-order valence-electron chi connectivity index (χ2n) is 11.6. The van der Waals surface area contributed by atoms with Crippen LogP contribution in [-0.2, 0) is 28.4 Å². The minimum absolute atomic E-state index is 0.0160. The number of ether oxygens (including phenoxy) is 1. The van der Waals surface area contributed by atoms with Gasteiger partial charge in [0.2, 0.25) is 5.60 Å². The molecule has 0 aromatic carbocycles. The lowest BCUT2D eigenvalue weighted by atomic mass is 9.79. The number of fused-ring (bicyclic) bond motifs is 1. The second-order valence-corrected chi connectivity index (χ2v) is 14.2. The molecule has 260 valence electrons. The van der Waals surface area contributed by atoms with Crippen molar-refractivity contribution in [3.63, 3.8) is 0 Å². The van der Waals surface area contributed by atoms with E-state index in [0.717, 1.165) is 39.6 Å². The van der Waals surface area contributed by atoms with Gasteiger partial charge in [0, 0.05) is 48.5 Å². The lowest BCUT2D eigenvalue weighted by Crippen LogP contribution is -2.68. The van der Waals surface area contributed by atoms with Gasteiger partial charge in [0.15, 0.2) is 0 Å². The molecule has 0 saturated carbocycles. The number of hydrogen-bond acceptors (Lipinski definition) is 7. The quantitative estimate of drug-likeness (QED) is 0.223. The van der Waals surface area contributed by atoms with Crippen molar-refractivity contribution in [2.24, 2.45) is 0 Å². The molecule has 1 N–H and O–H groups in total. The van der Waals surface area contributed by atoms with Crippen LogP contribution in [-0.4, -0.2) is 62.4 Å². The monoisotopic (exact) mass is 737 g/mol. The van der Waals surface area contributed by atoms with Gasteiger partial charge >= 0.3 is 18.3 Å². The van der Waals surface area contributed by atoms with E-state index in [9.17, 15) is 41.0 Å². The number of amides is 2. The first-order chi connectivity index (χ1) is 22.6. The van der Waals surface area contributed by atoms with Crippen molar-refractivity contribution in [1.29, 1.82) is 0 Å². The molecule has 2 aliphatic heterocycles. The Hall–Kier alpha value is -3.37. The van der Waals surface area contributed by atoms with Gasteiger partial charge in [0.1, 0.15) is 16.3 Å². The van der Waals surface area contributed by atoms with E-state index in [1.165, 1.54) is 16.2 Å². The predicted molar refractivity (Wildman–Crippen MR) is 165 cm³/mol. The van der Waals surface area contributed by atoms with Crippen molar-refractivity contribution in [2.75, 3.05) is 13.1 Å². The summed E-state index contributed by atoms with van der Waals surface area (Å²) < 4.78 is 89.6. The maximum atomic E-state index is 15.0. The average Bonchev–Trinajstić information content (AvgIpc) is 3.65. The molecule has 2 aliphatic rings. The first-order valence-electron chi connectivity index (χ1n) is 15.1. The molecule has 8 nitrogen and oxygen atoms in total. The number of carbonyl (C=O) groups excluding carboxylic acids is 2. The van der Waals surface area contributed by atoms with E-state index in [2.05, 4.69) is 4.98 Å². The molecular weight excluding hydrogens is 708 g/mol. The third-order valence-electron chi connectivity index (χ3n) is 8.54. The van der Waals surface area contributed by atoms with Gasteiger partial charge in [-0.1, -0.05) is 24.9 Å². The first-order valence-corrected chi connectivity index (χ1v) is 17.1. The number of hydrogen-bond donors (Lipinski definition) is 1. The summed E-state index contributed by atoms with van der Waals surface area (Å²) in [5.74, 6) is -3.22. The summed E-state index contributed by atoms with van der Waals surface area (Å²) in [5, 5.41) is 10.6. The van der Waals surface area contributed by atoms with Crippen LogP contribution in [0.1, 0.15) is 82.9 Å². The normalized spacial score (nSPS) is 21.6. The van der Waals surface area contributed by atoms with Crippen molar-refractivity contribution in [3.8, 4) is 5.75 Å². The van der Waals surface area contributed by atoms with E-state index in [-0.39, 0.29) is 50.9 Å². The fraction of sp³-hybridized carbons (Fsp3) is 0.484. The molecule has 0 spiro atoms. The molecule has 3 atom stereocenters. The fourth-order valence-electron chi connectivity index (χ4n) is 6.57. The molecule has 0 bridgehead atoms. The Balaban J connectivity index is 1.64. The van der Waals surface area contributed by atoms with Crippen LogP contribution in [0.25, 0.3) is 0 Å². The zero-order valence-electron chi connectivity index (χ0n) is 25.4. The van der Waals surface area contributed by atoms with Crippen molar-refractivity contribution < 1.29 is 50.6 Å². The van der Waals surface area contributed by atoms with Crippen LogP contribution in [0.2, 0.25) is 4.34 Å². The summed E-state index contributed by atoms with van der Waals surface area (Å²) in [6, 6.07) is 2.15. The van der Waals surface area contributed by atoms with E-state index >= 15 is 4.79 Å². The smallest absolute Gasteiger partial charge is 0.425 e. The van der Waals surface area contributed by atoms with E-state index in [1.807, 2.05) is 0 Å². The van der Waals surface area contributed by atoms with Crippen LogP contribution in [0.4, 0.5) is 26.3 Å². The van der Waals surface area contributed by atoms with Gasteiger partial charge in [-0.15, -0.1) is 22.7 Å². The third kappa shape index (κ3) is 7.15. The number of alkyl halides is 6. The second kappa shape index (κ2) is 13.9. The maximum Gasteiger partial charge on any atom is 0.425 e. The summed E-state index contributed by atoms with van der Waals surface area (Å²) in [6.07, 6.45) is -8.23. The Morgan fingerprint density at radius 1 is 1.10 bits per heavy atom. The topological polar surface area (TPSA) is 100 Å². The first kappa shape index (κ1) is 35.9. The molecule has 17 heteroatoms. The molecule has 1 saturated heterocycles. The molecule has 2 amide bonds. The largest absolute Gasteiger partial charge is 0.481 e. The number of carbonyl (C=O) groups is 3. The average molecular weight is 738 g/mol. The number of carboxylic acids is 1. The van der Waals surface area contributed by atoms with E-state index < -0.39 is 64.0 Å². The number of nitrogens with zero attached hydrogens (tertiary/aromatic N) is 3. The van der Waals surface area contributed by atoms with Crippen LogP contribution in [0, 0.1) is 0 Å². The van der Waals surface area contributed by atoms with Crippen molar-refractivity contribution in [3.05, 3.63) is 66.8 Å². The minimum atomic E-state index is -4.92. The standard InChI is InChI=1S/C31H30ClF6N3O5S2/c1-2-5-22-29(46-17-14-23(47-16-17)31(36,37)38,10-4-12-41(22)27(44)26-19(30(33,34)35)6-3-11-39-26)28(45)40-13-9-21-18(15-24(32)48-21)20(40)7-8-25(42)43/h3,6,11,14-16,20,22H,2,4-5,7-10,12-13H2,1H3,(H,42,43). The number of halogens is 7. The molecule has 5 rings (SSSR count).